The van der Waals surface area contributed by atoms with E-state index in [0.29, 0.717) is 19.0 Å². The van der Waals surface area contributed by atoms with Gasteiger partial charge in [0.1, 0.15) is 5.75 Å². The van der Waals surface area contributed by atoms with Crippen molar-refractivity contribution in [3.05, 3.63) is 69.8 Å². The van der Waals surface area contributed by atoms with Crippen LogP contribution in [0.15, 0.2) is 53.5 Å². The molecule has 2 aromatic carbocycles. The van der Waals surface area contributed by atoms with E-state index in [4.69, 9.17) is 14.5 Å². The minimum atomic E-state index is -0.398. The summed E-state index contributed by atoms with van der Waals surface area (Å²) in [6.45, 7) is 3.42. The molecular formula is C22H28N4O4. The van der Waals surface area contributed by atoms with Crippen molar-refractivity contribution < 1.29 is 14.4 Å². The zero-order valence-electron chi connectivity index (χ0n) is 17.4. The second-order valence-electron chi connectivity index (χ2n) is 7.34. The van der Waals surface area contributed by atoms with Crippen molar-refractivity contribution in [3.8, 4) is 5.75 Å². The Morgan fingerprint density at radius 3 is 2.73 bits per heavy atom. The first kappa shape index (κ1) is 21.6. The summed E-state index contributed by atoms with van der Waals surface area (Å²) in [6, 6.07) is 14.4. The maximum Gasteiger partial charge on any atom is 0.269 e. The third-order valence-corrected chi connectivity index (χ3v) is 5.09. The molecule has 160 valence electrons. The number of para-hydroxylation sites is 1. The number of non-ortho nitro benzene ring substituents is 1. The molecular weight excluding hydrogens is 384 g/mol. The van der Waals surface area contributed by atoms with E-state index in [1.807, 2.05) is 31.3 Å². The average Bonchev–Trinajstić information content (AvgIpc) is 3.28. The maximum atomic E-state index is 10.8. The highest BCUT2D eigenvalue weighted by molar-refractivity contribution is 5.79. The van der Waals surface area contributed by atoms with Crippen molar-refractivity contribution >= 4 is 11.6 Å². The minimum absolute atomic E-state index is 0.0793. The van der Waals surface area contributed by atoms with E-state index >= 15 is 0 Å². The quantitative estimate of drug-likeness (QED) is 0.310. The van der Waals surface area contributed by atoms with Gasteiger partial charge < -0.3 is 19.7 Å². The molecule has 8 heteroatoms. The van der Waals surface area contributed by atoms with Gasteiger partial charge in [0.2, 0.25) is 0 Å². The number of nitro benzene ring substituents is 1. The Morgan fingerprint density at radius 2 is 2.07 bits per heavy atom. The molecule has 1 aliphatic rings. The number of hydrogen-bond acceptors (Lipinski definition) is 5. The predicted octanol–water partition coefficient (Wildman–Crippen LogP) is 3.22. The number of ether oxygens (including phenoxy) is 2. The smallest absolute Gasteiger partial charge is 0.269 e. The molecule has 0 saturated carbocycles. The van der Waals surface area contributed by atoms with Crippen LogP contribution in [0.2, 0.25) is 0 Å². The van der Waals surface area contributed by atoms with Crippen molar-refractivity contribution in [3.63, 3.8) is 0 Å². The van der Waals surface area contributed by atoms with Crippen LogP contribution < -0.4 is 10.1 Å². The number of rotatable bonds is 8. The van der Waals surface area contributed by atoms with Gasteiger partial charge in [0.25, 0.3) is 5.69 Å². The summed E-state index contributed by atoms with van der Waals surface area (Å²) in [5.41, 5.74) is 2.06. The monoisotopic (exact) mass is 412 g/mol. The van der Waals surface area contributed by atoms with Gasteiger partial charge in [-0.05, 0) is 18.1 Å². The Hall–Kier alpha value is -3.13. The lowest BCUT2D eigenvalue weighted by atomic mass is 10.1. The van der Waals surface area contributed by atoms with Crippen LogP contribution in [0.3, 0.4) is 0 Å². The molecule has 1 fully saturated rings. The minimum Gasteiger partial charge on any atom is -0.496 e. The van der Waals surface area contributed by atoms with Crippen molar-refractivity contribution in [1.29, 1.82) is 0 Å². The van der Waals surface area contributed by atoms with Gasteiger partial charge >= 0.3 is 0 Å². The lowest BCUT2D eigenvalue weighted by Gasteiger charge is -2.24. The zero-order valence-corrected chi connectivity index (χ0v) is 17.4. The molecule has 0 bridgehead atoms. The van der Waals surface area contributed by atoms with Crippen molar-refractivity contribution in [2.24, 2.45) is 10.9 Å². The van der Waals surface area contributed by atoms with Crippen LogP contribution in [0, 0.1) is 16.0 Å². The summed E-state index contributed by atoms with van der Waals surface area (Å²) >= 11 is 0. The zero-order chi connectivity index (χ0) is 21.3. The first-order chi connectivity index (χ1) is 14.6. The Labute approximate surface area is 176 Å². The van der Waals surface area contributed by atoms with E-state index in [-0.39, 0.29) is 5.69 Å². The standard InChI is InChI=1S/C22H28N4O4/c1-25(15-19-5-3-4-6-21(19)29-2)22(24-14-18-11-12-30-16-18)23-13-17-7-9-20(10-8-17)26(27)28/h3-10,18H,11-16H2,1-2H3,(H,23,24). The van der Waals surface area contributed by atoms with Crippen LogP contribution in [-0.4, -0.2) is 49.7 Å². The number of hydrogen-bond donors (Lipinski definition) is 1. The summed E-state index contributed by atoms with van der Waals surface area (Å²) in [4.78, 5) is 17.3. The number of methoxy groups -OCH3 is 1. The van der Waals surface area contributed by atoms with Gasteiger partial charge in [-0.2, -0.15) is 0 Å². The lowest BCUT2D eigenvalue weighted by Crippen LogP contribution is -2.41. The van der Waals surface area contributed by atoms with Crippen molar-refractivity contribution in [1.82, 2.24) is 10.2 Å². The van der Waals surface area contributed by atoms with Crippen LogP contribution in [0.25, 0.3) is 0 Å². The van der Waals surface area contributed by atoms with Gasteiger partial charge in [0.15, 0.2) is 5.96 Å². The van der Waals surface area contributed by atoms with Crippen LogP contribution in [0.4, 0.5) is 5.69 Å². The Bertz CT molecular complexity index is 864. The van der Waals surface area contributed by atoms with E-state index < -0.39 is 4.92 Å². The average molecular weight is 412 g/mol. The van der Waals surface area contributed by atoms with Crippen LogP contribution in [-0.2, 0) is 17.8 Å². The van der Waals surface area contributed by atoms with Gasteiger partial charge in [-0.3, -0.25) is 10.1 Å². The van der Waals surface area contributed by atoms with Gasteiger partial charge in [-0.15, -0.1) is 0 Å². The topological polar surface area (TPSA) is 89.2 Å². The molecule has 1 atom stereocenters. The summed E-state index contributed by atoms with van der Waals surface area (Å²) in [5.74, 6) is 2.07. The highest BCUT2D eigenvalue weighted by atomic mass is 16.6. The Kier molecular flexibility index (Phi) is 7.62. The molecule has 0 aliphatic carbocycles. The Morgan fingerprint density at radius 1 is 1.30 bits per heavy atom. The lowest BCUT2D eigenvalue weighted by molar-refractivity contribution is -0.384. The van der Waals surface area contributed by atoms with Gasteiger partial charge in [-0.25, -0.2) is 4.99 Å². The normalized spacial score (nSPS) is 16.3. The number of guanidine groups is 1. The van der Waals surface area contributed by atoms with Crippen LogP contribution >= 0.6 is 0 Å². The summed E-state index contributed by atoms with van der Waals surface area (Å²) in [5, 5.41) is 14.3. The number of benzene rings is 2. The number of nitro groups is 1. The van der Waals surface area contributed by atoms with E-state index in [0.717, 1.165) is 49.0 Å². The van der Waals surface area contributed by atoms with Gasteiger partial charge in [0, 0.05) is 50.4 Å². The first-order valence-electron chi connectivity index (χ1n) is 9.99. The molecule has 1 heterocycles. The molecule has 1 saturated heterocycles. The molecule has 8 nitrogen and oxygen atoms in total. The SMILES string of the molecule is COc1ccccc1CN(C)C(=NCc1ccc([N+](=O)[O-])cc1)NCC1CCOC1. The molecule has 1 N–H and O–H groups in total. The Balaban J connectivity index is 1.72. The number of nitrogens with one attached hydrogen (secondary N) is 1. The first-order valence-corrected chi connectivity index (χ1v) is 9.99. The molecule has 2 aromatic rings. The number of nitrogens with zero attached hydrogens (tertiary/aromatic N) is 3. The molecule has 30 heavy (non-hydrogen) atoms. The second-order valence-corrected chi connectivity index (χ2v) is 7.34. The largest absolute Gasteiger partial charge is 0.496 e. The van der Waals surface area contributed by atoms with E-state index in [9.17, 15) is 10.1 Å². The number of aliphatic imine (C=N–C) groups is 1. The fraction of sp³-hybridized carbons (Fsp3) is 0.409. The van der Waals surface area contributed by atoms with E-state index in [2.05, 4.69) is 10.2 Å². The van der Waals surface area contributed by atoms with Gasteiger partial charge in [0.05, 0.1) is 25.2 Å². The molecule has 0 amide bonds. The molecule has 0 aromatic heterocycles. The highest BCUT2D eigenvalue weighted by Gasteiger charge is 2.17. The molecule has 0 radical (unpaired) electrons. The third-order valence-electron chi connectivity index (χ3n) is 5.09. The molecule has 1 unspecified atom stereocenters. The van der Waals surface area contributed by atoms with Crippen molar-refractivity contribution in [2.75, 3.05) is 33.9 Å². The summed E-state index contributed by atoms with van der Waals surface area (Å²) in [6.07, 6.45) is 1.04. The van der Waals surface area contributed by atoms with Gasteiger partial charge in [-0.1, -0.05) is 30.3 Å². The summed E-state index contributed by atoms with van der Waals surface area (Å²) < 4.78 is 10.9. The molecule has 1 aliphatic heterocycles. The van der Waals surface area contributed by atoms with Crippen LogP contribution in [0.5, 0.6) is 5.75 Å². The van der Waals surface area contributed by atoms with Crippen molar-refractivity contribution in [2.45, 2.75) is 19.5 Å². The van der Waals surface area contributed by atoms with E-state index in [1.165, 1.54) is 12.1 Å². The second kappa shape index (κ2) is 10.6. The molecule has 3 rings (SSSR count). The van der Waals surface area contributed by atoms with E-state index in [1.54, 1.807) is 19.2 Å². The molecule has 0 spiro atoms. The highest BCUT2D eigenvalue weighted by Crippen LogP contribution is 2.19. The fourth-order valence-electron chi connectivity index (χ4n) is 3.34. The maximum absolute atomic E-state index is 10.8. The summed E-state index contributed by atoms with van der Waals surface area (Å²) in [7, 11) is 3.65. The van der Waals surface area contributed by atoms with Crippen LogP contribution in [0.1, 0.15) is 17.5 Å². The predicted molar refractivity (Wildman–Crippen MR) is 116 cm³/mol. The fourth-order valence-corrected chi connectivity index (χ4v) is 3.34. The third kappa shape index (κ3) is 5.93.